The summed E-state index contributed by atoms with van der Waals surface area (Å²) in [6.45, 7) is 42.4. The van der Waals surface area contributed by atoms with Crippen molar-refractivity contribution >= 4 is 5.91 Å². The molecule has 0 radical (unpaired) electrons. The molecular formula is C32H74N2O. The Bertz CT molecular complexity index is 468. The van der Waals surface area contributed by atoms with Crippen LogP contribution in [0, 0.1) is 27.1 Å². The predicted molar refractivity (Wildman–Crippen MR) is 165 cm³/mol. The summed E-state index contributed by atoms with van der Waals surface area (Å²) < 4.78 is 0. The summed E-state index contributed by atoms with van der Waals surface area (Å²) in [5, 5.41) is 3.18. The second-order valence-electron chi connectivity index (χ2n) is 13.6. The van der Waals surface area contributed by atoms with Crippen molar-refractivity contribution in [3.63, 3.8) is 0 Å². The summed E-state index contributed by atoms with van der Waals surface area (Å²) in [4.78, 5) is 12.6. The minimum Gasteiger partial charge on any atom is -0.356 e. The number of rotatable bonds is 10. The van der Waals surface area contributed by atoms with Crippen molar-refractivity contribution in [3.8, 4) is 0 Å². The number of nitrogens with two attached hydrogens (primary N) is 1. The highest BCUT2D eigenvalue weighted by molar-refractivity contribution is 5.76. The van der Waals surface area contributed by atoms with Gasteiger partial charge in [0.1, 0.15) is 0 Å². The van der Waals surface area contributed by atoms with Crippen molar-refractivity contribution in [1.82, 2.24) is 5.32 Å². The van der Waals surface area contributed by atoms with Crippen molar-refractivity contribution in [2.45, 2.75) is 164 Å². The number of carbonyl (C=O) groups excluding carboxylic acids is 1. The predicted octanol–water partition coefficient (Wildman–Crippen LogP) is 10.3. The van der Waals surface area contributed by atoms with Gasteiger partial charge in [0.15, 0.2) is 0 Å². The van der Waals surface area contributed by atoms with E-state index in [9.17, 15) is 4.79 Å². The number of carbonyl (C=O) groups is 1. The largest absolute Gasteiger partial charge is 0.356 e. The van der Waals surface area contributed by atoms with E-state index in [-0.39, 0.29) is 27.6 Å². The fraction of sp³-hybridized carbons (Fsp3) is 0.969. The minimum absolute atomic E-state index is 0.000491. The van der Waals surface area contributed by atoms with E-state index in [2.05, 4.69) is 95.3 Å². The highest BCUT2D eigenvalue weighted by Crippen LogP contribution is 2.43. The van der Waals surface area contributed by atoms with Crippen LogP contribution >= 0.6 is 0 Å². The number of amides is 1. The smallest absolute Gasteiger partial charge is 0.220 e. The summed E-state index contributed by atoms with van der Waals surface area (Å²) in [5.41, 5.74) is 6.55. The molecule has 0 aliphatic carbocycles. The van der Waals surface area contributed by atoms with E-state index < -0.39 is 0 Å². The molecule has 0 aliphatic heterocycles. The Morgan fingerprint density at radius 1 is 0.600 bits per heavy atom. The Morgan fingerprint density at radius 2 is 0.943 bits per heavy atom. The lowest BCUT2D eigenvalue weighted by Crippen LogP contribution is -2.40. The number of hydrogen-bond acceptors (Lipinski definition) is 2. The first kappa shape index (κ1) is 44.4. The van der Waals surface area contributed by atoms with Crippen LogP contribution in [0.1, 0.15) is 164 Å². The van der Waals surface area contributed by atoms with Crippen LogP contribution in [0.5, 0.6) is 0 Å². The first-order chi connectivity index (χ1) is 15.7. The van der Waals surface area contributed by atoms with Crippen molar-refractivity contribution in [3.05, 3.63) is 0 Å². The van der Waals surface area contributed by atoms with Gasteiger partial charge in [-0.25, -0.2) is 0 Å². The van der Waals surface area contributed by atoms with Gasteiger partial charge in [0, 0.05) is 13.0 Å². The van der Waals surface area contributed by atoms with Gasteiger partial charge in [-0.3, -0.25) is 4.79 Å². The molecule has 3 heteroatoms. The summed E-state index contributed by atoms with van der Waals surface area (Å²) in [5.74, 6) is 0.167. The molecule has 0 aliphatic rings. The van der Waals surface area contributed by atoms with Gasteiger partial charge >= 0.3 is 0 Å². The Balaban J connectivity index is -0.000000293. The summed E-state index contributed by atoms with van der Waals surface area (Å²) in [7, 11) is 0. The van der Waals surface area contributed by atoms with E-state index in [1.807, 2.05) is 41.5 Å². The van der Waals surface area contributed by atoms with Gasteiger partial charge in [-0.2, -0.15) is 0 Å². The Kier molecular flexibility index (Phi) is 27.3. The molecule has 3 N–H and O–H groups in total. The van der Waals surface area contributed by atoms with Gasteiger partial charge in [-0.1, -0.05) is 138 Å². The van der Waals surface area contributed by atoms with Crippen LogP contribution in [-0.2, 0) is 4.79 Å². The average molecular weight is 503 g/mol. The van der Waals surface area contributed by atoms with Gasteiger partial charge in [-0.05, 0) is 52.9 Å². The third-order valence-electron chi connectivity index (χ3n) is 4.88. The van der Waals surface area contributed by atoms with Crippen molar-refractivity contribution in [1.29, 1.82) is 0 Å². The molecule has 0 saturated heterocycles. The van der Waals surface area contributed by atoms with E-state index >= 15 is 0 Å². The summed E-state index contributed by atoms with van der Waals surface area (Å²) in [6.07, 6.45) is 5.04. The first-order valence-corrected chi connectivity index (χ1v) is 14.7. The molecule has 0 bridgehead atoms. The zero-order valence-electron chi connectivity index (χ0n) is 28.4. The molecule has 218 valence electrons. The standard InChI is InChI=1S/C23H48N2O.C3H8.3C2H6/c1-19(2,3)13-21(6,7)14-20(4,5)12-18(26)25-17-23(10,11)15-22(8,9)16-24;1-3-2;3*1-2/h12-17,24H2,1-11H3,(H,25,26);3H2,1-2H3;3*1-2H3. The molecule has 0 aromatic heterocycles. The molecule has 0 fully saturated rings. The molecule has 0 aromatic carbocycles. The number of hydrogen-bond donors (Lipinski definition) is 2. The normalized spacial score (nSPS) is 11.8. The summed E-state index contributed by atoms with van der Waals surface area (Å²) >= 11 is 0. The topological polar surface area (TPSA) is 55.1 Å². The van der Waals surface area contributed by atoms with E-state index in [1.54, 1.807) is 0 Å². The second kappa shape index (κ2) is 21.5. The molecule has 0 atom stereocenters. The lowest BCUT2D eigenvalue weighted by molar-refractivity contribution is -0.124. The maximum atomic E-state index is 12.6. The Hall–Kier alpha value is -0.570. The van der Waals surface area contributed by atoms with Gasteiger partial charge in [0.2, 0.25) is 5.91 Å². The zero-order valence-corrected chi connectivity index (χ0v) is 28.4. The average Bonchev–Trinajstić information content (AvgIpc) is 2.68. The molecule has 3 nitrogen and oxygen atoms in total. The fourth-order valence-electron chi connectivity index (χ4n) is 5.12. The fourth-order valence-corrected chi connectivity index (χ4v) is 5.12. The molecule has 0 rings (SSSR count). The summed E-state index contributed by atoms with van der Waals surface area (Å²) in [6, 6.07) is 0. The van der Waals surface area contributed by atoms with E-state index in [0.717, 1.165) is 19.3 Å². The molecule has 0 unspecified atom stereocenters. The van der Waals surface area contributed by atoms with Crippen LogP contribution in [0.25, 0.3) is 0 Å². The molecule has 1 amide bonds. The van der Waals surface area contributed by atoms with Crippen molar-refractivity contribution < 1.29 is 4.79 Å². The second-order valence-corrected chi connectivity index (χ2v) is 13.6. The maximum absolute atomic E-state index is 12.6. The molecule has 0 saturated carbocycles. The van der Waals surface area contributed by atoms with E-state index in [0.29, 0.717) is 24.9 Å². The minimum atomic E-state index is -0.000491. The van der Waals surface area contributed by atoms with Crippen molar-refractivity contribution in [2.75, 3.05) is 13.1 Å². The monoisotopic (exact) mass is 503 g/mol. The molecule has 35 heavy (non-hydrogen) atoms. The Labute approximate surface area is 225 Å². The SMILES string of the molecule is CC.CC.CC.CC(C)(C)CC(C)(C)CC(C)(C)CC(=O)NCC(C)(C)CC(C)(C)CN.CCC. The van der Waals surface area contributed by atoms with Gasteiger partial charge in [-0.15, -0.1) is 0 Å². The lowest BCUT2D eigenvalue weighted by Gasteiger charge is -2.39. The van der Waals surface area contributed by atoms with Crippen LogP contribution in [0.2, 0.25) is 0 Å². The third-order valence-corrected chi connectivity index (χ3v) is 4.88. The van der Waals surface area contributed by atoms with Crippen LogP contribution in [0.4, 0.5) is 0 Å². The van der Waals surface area contributed by atoms with Gasteiger partial charge in [0.25, 0.3) is 0 Å². The highest BCUT2D eigenvalue weighted by Gasteiger charge is 2.34. The highest BCUT2D eigenvalue weighted by atomic mass is 16.1. The van der Waals surface area contributed by atoms with Gasteiger partial charge < -0.3 is 11.1 Å². The third kappa shape index (κ3) is 33.4. The Morgan fingerprint density at radius 3 is 1.26 bits per heavy atom. The van der Waals surface area contributed by atoms with Crippen molar-refractivity contribution in [2.24, 2.45) is 32.8 Å². The first-order valence-electron chi connectivity index (χ1n) is 14.7. The van der Waals surface area contributed by atoms with Crippen LogP contribution in [0.3, 0.4) is 0 Å². The maximum Gasteiger partial charge on any atom is 0.220 e. The van der Waals surface area contributed by atoms with E-state index in [4.69, 9.17) is 5.73 Å². The quantitative estimate of drug-likeness (QED) is 0.312. The molecule has 0 heterocycles. The van der Waals surface area contributed by atoms with Crippen LogP contribution in [0.15, 0.2) is 0 Å². The zero-order chi connectivity index (χ0) is 29.7. The van der Waals surface area contributed by atoms with Gasteiger partial charge in [0.05, 0.1) is 0 Å². The van der Waals surface area contributed by atoms with E-state index in [1.165, 1.54) is 6.42 Å². The number of nitrogens with one attached hydrogen (secondary N) is 1. The molecular weight excluding hydrogens is 428 g/mol. The van der Waals surface area contributed by atoms with Crippen LogP contribution in [-0.4, -0.2) is 19.0 Å². The lowest BCUT2D eigenvalue weighted by atomic mass is 9.67. The molecule has 0 aromatic rings. The van der Waals surface area contributed by atoms with Crippen LogP contribution < -0.4 is 11.1 Å². The molecule has 0 spiro atoms.